The van der Waals surface area contributed by atoms with Crippen LogP contribution >= 0.6 is 23.2 Å². The average Bonchev–Trinajstić information content (AvgIpc) is 3.65. The second kappa shape index (κ2) is 16.0. The number of nitro benzene ring substituents is 1. The van der Waals surface area contributed by atoms with Crippen LogP contribution in [0.25, 0.3) is 16.6 Å². The molecule has 0 atom stereocenters. The first-order valence-electron chi connectivity index (χ1n) is 18.4. The molecule has 2 N–H and O–H groups in total. The summed E-state index contributed by atoms with van der Waals surface area (Å²) in [4.78, 5) is 36.2. The normalized spacial score (nSPS) is 16.1. The number of hydrogen-bond acceptors (Lipinski definition) is 10. The Kier molecular flexibility index (Phi) is 11.3. The number of nitrogens with zero attached hydrogens (tertiary/aromatic N) is 4. The molecule has 3 heterocycles. The Balaban J connectivity index is 1.15. The highest BCUT2D eigenvalue weighted by Gasteiger charge is 2.32. The van der Waals surface area contributed by atoms with Crippen LogP contribution in [-0.4, -0.2) is 73.9 Å². The highest BCUT2D eigenvalue weighted by atomic mass is 35.5. The zero-order valence-electron chi connectivity index (χ0n) is 31.9. The van der Waals surface area contributed by atoms with Gasteiger partial charge in [0.25, 0.3) is 15.9 Å². The largest absolute Gasteiger partial charge is 0.490 e. The van der Waals surface area contributed by atoms with Crippen molar-refractivity contribution in [1.82, 2.24) is 19.6 Å². The van der Waals surface area contributed by atoms with Crippen LogP contribution in [0.1, 0.15) is 54.6 Å². The molecule has 3 aromatic carbocycles. The Morgan fingerprint density at radius 3 is 2.49 bits per heavy atom. The molecule has 1 aliphatic carbocycles. The van der Waals surface area contributed by atoms with E-state index < -0.39 is 32.1 Å². The van der Waals surface area contributed by atoms with E-state index in [4.69, 9.17) is 32.7 Å². The molecule has 5 aromatic rings. The van der Waals surface area contributed by atoms with Gasteiger partial charge in [0.2, 0.25) is 5.75 Å². The Morgan fingerprint density at radius 1 is 1.05 bits per heavy atom. The first-order chi connectivity index (χ1) is 27.1. The van der Waals surface area contributed by atoms with E-state index >= 15 is 0 Å². The van der Waals surface area contributed by atoms with Gasteiger partial charge in [0.05, 0.1) is 28.8 Å². The quantitative estimate of drug-likeness (QED) is 0.0973. The minimum Gasteiger partial charge on any atom is -0.490 e. The number of H-pyrrole nitrogens is 1. The van der Waals surface area contributed by atoms with E-state index in [0.29, 0.717) is 18.7 Å². The summed E-state index contributed by atoms with van der Waals surface area (Å²) in [7, 11) is -3.40. The molecular weight excluding hydrogens is 791 g/mol. The fourth-order valence-corrected chi connectivity index (χ4v) is 8.97. The SMILES string of the molecule is COc1c([N+](=O)[O-])cc(C(=O)NS(=O)(=O)c2ccc(N3CCN(CC4=C(c5ccc(Cl)cc5)CC(C)(C)CC4)CC3)cc2Oc2cnc3[nH]ccc3c2)c(Cl)c1C. The number of methoxy groups -OCH3 is 1. The summed E-state index contributed by atoms with van der Waals surface area (Å²) >= 11 is 12.6. The number of ether oxygens (including phenoxy) is 2. The number of nitro groups is 1. The fourth-order valence-electron chi connectivity index (χ4n) is 7.55. The summed E-state index contributed by atoms with van der Waals surface area (Å²) in [5, 5.41) is 13.1. The standard InChI is InChI=1S/C41H42Cl2N6O7S/c1-25-37(43)32(21-34(49(51)52)38(25)55-4)40(50)46-57(53,54)36-10-9-30(20-35(36)56-31-19-27-12-14-44-39(27)45-23-31)48-17-15-47(16-18-48)24-28-11-13-41(2,3)22-33(28)26-5-7-29(42)8-6-26/h5-10,12,14,19-21,23H,11,13,15-18,22,24H2,1-4H3,(H,44,45)(H,46,50). The van der Waals surface area contributed by atoms with Gasteiger partial charge in [-0.05, 0) is 79.1 Å². The van der Waals surface area contributed by atoms with Crippen molar-refractivity contribution in [3.8, 4) is 17.2 Å². The summed E-state index contributed by atoms with van der Waals surface area (Å²) in [6.45, 7) is 9.88. The number of hydrogen-bond donors (Lipinski definition) is 2. The van der Waals surface area contributed by atoms with Gasteiger partial charge >= 0.3 is 5.69 Å². The number of piperazine rings is 1. The number of rotatable bonds is 11. The second-order valence-electron chi connectivity index (χ2n) is 15.1. The fraction of sp³-hybridized carbons (Fsp3) is 0.317. The van der Waals surface area contributed by atoms with E-state index in [0.717, 1.165) is 61.1 Å². The monoisotopic (exact) mass is 832 g/mol. The van der Waals surface area contributed by atoms with Crippen LogP contribution in [0, 0.1) is 22.5 Å². The Hall–Kier alpha value is -5.15. The molecule has 7 rings (SSSR count). The van der Waals surface area contributed by atoms with Crippen molar-refractivity contribution in [1.29, 1.82) is 0 Å². The van der Waals surface area contributed by atoms with Crippen LogP contribution in [0.15, 0.2) is 83.5 Å². The van der Waals surface area contributed by atoms with Crippen molar-refractivity contribution in [2.45, 2.75) is 44.9 Å². The summed E-state index contributed by atoms with van der Waals surface area (Å²) in [5.74, 6) is -1.07. The van der Waals surface area contributed by atoms with Crippen LogP contribution in [0.3, 0.4) is 0 Å². The van der Waals surface area contributed by atoms with Gasteiger partial charge in [-0.2, -0.15) is 0 Å². The number of aromatic nitrogens is 2. The summed E-state index contributed by atoms with van der Waals surface area (Å²) in [6, 6.07) is 17.2. The number of anilines is 1. The number of nitrogens with one attached hydrogen (secondary N) is 2. The van der Waals surface area contributed by atoms with E-state index in [9.17, 15) is 23.3 Å². The zero-order chi connectivity index (χ0) is 40.6. The molecule has 0 spiro atoms. The number of allylic oxidation sites excluding steroid dienone is 1. The van der Waals surface area contributed by atoms with Gasteiger partial charge < -0.3 is 19.4 Å². The van der Waals surface area contributed by atoms with Crippen LogP contribution in [0.2, 0.25) is 10.0 Å². The highest BCUT2D eigenvalue weighted by molar-refractivity contribution is 7.90. The van der Waals surface area contributed by atoms with Gasteiger partial charge in [-0.15, -0.1) is 0 Å². The molecule has 0 unspecified atom stereocenters. The molecule has 2 aliphatic rings. The third-order valence-electron chi connectivity index (χ3n) is 10.6. The highest BCUT2D eigenvalue weighted by Crippen LogP contribution is 2.44. The number of aromatic amines is 1. The van der Waals surface area contributed by atoms with Gasteiger partial charge in [0.15, 0.2) is 0 Å². The smallest absolute Gasteiger partial charge is 0.312 e. The van der Waals surface area contributed by atoms with Crippen molar-refractivity contribution in [2.75, 3.05) is 44.7 Å². The number of fused-ring (bicyclic) bond motifs is 1. The summed E-state index contributed by atoms with van der Waals surface area (Å²) in [6.07, 6.45) is 6.35. The molecule has 0 bridgehead atoms. The van der Waals surface area contributed by atoms with E-state index in [2.05, 4.69) is 45.7 Å². The van der Waals surface area contributed by atoms with E-state index in [1.807, 2.05) is 22.9 Å². The van der Waals surface area contributed by atoms with Crippen LogP contribution < -0.4 is 19.1 Å². The van der Waals surface area contributed by atoms with Crippen molar-refractivity contribution < 1.29 is 27.6 Å². The summed E-state index contributed by atoms with van der Waals surface area (Å²) in [5.41, 5.74) is 4.80. The molecule has 13 nitrogen and oxygen atoms in total. The molecule has 0 radical (unpaired) electrons. The topological polar surface area (TPSA) is 160 Å². The average molecular weight is 834 g/mol. The van der Waals surface area contributed by atoms with Crippen LogP contribution in [-0.2, 0) is 10.0 Å². The molecule has 298 valence electrons. The predicted octanol–water partition coefficient (Wildman–Crippen LogP) is 8.79. The van der Waals surface area contributed by atoms with E-state index in [-0.39, 0.29) is 38.1 Å². The van der Waals surface area contributed by atoms with E-state index in [1.54, 1.807) is 24.4 Å². The second-order valence-corrected chi connectivity index (χ2v) is 17.6. The number of sulfonamides is 1. The molecule has 1 aliphatic heterocycles. The molecule has 1 saturated heterocycles. The molecule has 1 amide bonds. The predicted molar refractivity (Wildman–Crippen MR) is 221 cm³/mol. The van der Waals surface area contributed by atoms with Crippen LogP contribution in [0.5, 0.6) is 17.2 Å². The van der Waals surface area contributed by atoms with Crippen molar-refractivity contribution in [3.63, 3.8) is 0 Å². The number of benzene rings is 3. The van der Waals surface area contributed by atoms with Gasteiger partial charge in [-0.1, -0.05) is 54.8 Å². The molecule has 0 saturated carbocycles. The maximum absolute atomic E-state index is 14.0. The zero-order valence-corrected chi connectivity index (χ0v) is 34.2. The minimum atomic E-state index is -4.63. The molecular formula is C41H42Cl2N6O7S. The third kappa shape index (κ3) is 8.59. The Labute approximate surface area is 340 Å². The van der Waals surface area contributed by atoms with Gasteiger partial charge in [-0.3, -0.25) is 19.8 Å². The van der Waals surface area contributed by atoms with Gasteiger partial charge in [-0.25, -0.2) is 18.1 Å². The molecule has 2 aromatic heterocycles. The Bertz CT molecular complexity index is 2510. The number of carbonyl (C=O) groups is 1. The first kappa shape index (κ1) is 40.1. The lowest BCUT2D eigenvalue weighted by Gasteiger charge is -2.39. The number of carbonyl (C=O) groups excluding carboxylic acids is 1. The maximum atomic E-state index is 14.0. The number of pyridine rings is 1. The molecule has 16 heteroatoms. The van der Waals surface area contributed by atoms with Crippen molar-refractivity contribution in [3.05, 3.63) is 115 Å². The molecule has 57 heavy (non-hydrogen) atoms. The lowest BCUT2D eigenvalue weighted by molar-refractivity contribution is -0.385. The minimum absolute atomic E-state index is 0.0440. The number of halogens is 2. The molecule has 1 fully saturated rings. The Morgan fingerprint density at radius 2 is 1.79 bits per heavy atom. The maximum Gasteiger partial charge on any atom is 0.312 e. The van der Waals surface area contributed by atoms with Crippen molar-refractivity contribution in [2.24, 2.45) is 5.41 Å². The van der Waals surface area contributed by atoms with Gasteiger partial charge in [0.1, 0.15) is 22.0 Å². The summed E-state index contributed by atoms with van der Waals surface area (Å²) < 4.78 is 41.3. The van der Waals surface area contributed by atoms with Crippen LogP contribution in [0.4, 0.5) is 11.4 Å². The van der Waals surface area contributed by atoms with Gasteiger partial charge in [0, 0.05) is 72.7 Å². The van der Waals surface area contributed by atoms with E-state index in [1.165, 1.54) is 43.0 Å². The number of amides is 1. The lowest BCUT2D eigenvalue weighted by Crippen LogP contribution is -2.47. The van der Waals surface area contributed by atoms with Crippen molar-refractivity contribution >= 4 is 67.1 Å². The first-order valence-corrected chi connectivity index (χ1v) is 20.6. The third-order valence-corrected chi connectivity index (χ3v) is 12.8. The lowest BCUT2D eigenvalue weighted by atomic mass is 9.72.